The van der Waals surface area contributed by atoms with Gasteiger partial charge in [0.25, 0.3) is 0 Å². The van der Waals surface area contributed by atoms with E-state index in [1.165, 1.54) is 0 Å². The van der Waals surface area contributed by atoms with E-state index < -0.39 is 165 Å². The van der Waals surface area contributed by atoms with Gasteiger partial charge in [-0.1, -0.05) is 0 Å². The molecule has 84 heteroatoms. The molecule has 0 amide bonds. The molecule has 0 aliphatic carbocycles. The second kappa shape index (κ2) is 191. The topological polar surface area (TPSA) is 1140 Å². The van der Waals surface area contributed by atoms with Crippen LogP contribution in [0.4, 0.5) is 0 Å². The third-order valence-electron chi connectivity index (χ3n) is 0. The average Bonchev–Trinajstić information content (AvgIpc) is 2.91. The van der Waals surface area contributed by atoms with Crippen molar-refractivity contribution in [2.45, 2.75) is 0 Å². The fraction of sp³-hybridized carbons (Fsp3) is 0. The molecular weight excluding hydrogens is 1690 g/mol. The molecule has 0 saturated carbocycles. The fourth-order valence-electron chi connectivity index (χ4n) is 0. The maximum Gasteiger partial charge on any atom is 3.00 e. The van der Waals surface area contributed by atoms with Gasteiger partial charge in [0.2, 0.25) is 0 Å². The van der Waals surface area contributed by atoms with Gasteiger partial charge in [0, 0.05) is 165 Å². The zero-order valence-electron chi connectivity index (χ0n) is 38.0. The van der Waals surface area contributed by atoms with Gasteiger partial charge < -0.3 is 253 Å². The summed E-state index contributed by atoms with van der Waals surface area (Å²) in [4.78, 5) is 307. The molecule has 0 aliphatic rings. The van der Waals surface area contributed by atoms with Crippen LogP contribution in [0.1, 0.15) is 0 Å². The summed E-state index contributed by atoms with van der Waals surface area (Å²) in [5.74, 6) is 0. The molecule has 432 valence electrons. The molecule has 0 spiro atoms. The van der Waals surface area contributed by atoms with Crippen molar-refractivity contribution in [1.82, 2.24) is 0 Å². The molecule has 0 saturated heterocycles. The molecule has 0 aromatic heterocycles. The Balaban J connectivity index is -0.0000000130. The summed E-state index contributed by atoms with van der Waals surface area (Å²) in [6, 6.07) is 0. The minimum Gasteiger partial charge on any atom is -0.672 e. The predicted octanol–water partition coefficient (Wildman–Crippen LogP) is -56.4. The Morgan fingerprint density at radius 2 is 0.0833 bits per heavy atom. The first-order valence-electron chi connectivity index (χ1n) is 11.0. The molecular formula is Al12O54Si18. The Morgan fingerprint density at radius 1 is 0.0833 bits per heavy atom. The van der Waals surface area contributed by atoms with E-state index in [-0.39, 0.29) is 208 Å². The minimum absolute atomic E-state index is 0. The van der Waals surface area contributed by atoms with Crippen molar-refractivity contribution < 1.29 is 253 Å². The summed E-state index contributed by atoms with van der Waals surface area (Å²) in [6.07, 6.45) is 0. The summed E-state index contributed by atoms with van der Waals surface area (Å²) in [7, 11) is -65.3. The molecule has 0 heterocycles. The fourth-order valence-corrected chi connectivity index (χ4v) is 0. The van der Waals surface area contributed by atoms with Crippen molar-refractivity contribution in [1.29, 1.82) is 0 Å². The molecule has 0 aliphatic heterocycles. The molecule has 0 atom stereocenters. The first kappa shape index (κ1) is 199. The maximum atomic E-state index is 8.52. The third-order valence-corrected chi connectivity index (χ3v) is 0. The van der Waals surface area contributed by atoms with Gasteiger partial charge in [-0.15, -0.1) is 0 Å². The van der Waals surface area contributed by atoms with Gasteiger partial charge >= 0.3 is 208 Å². The Kier molecular flexibility index (Phi) is 453. The van der Waals surface area contributed by atoms with Crippen LogP contribution < -0.4 is 173 Å². The first-order chi connectivity index (χ1) is 31.2. The van der Waals surface area contributed by atoms with Crippen molar-refractivity contribution >= 4 is 373 Å². The van der Waals surface area contributed by atoms with Crippen molar-refractivity contribution in [3.63, 3.8) is 0 Å². The van der Waals surface area contributed by atoms with Crippen molar-refractivity contribution in [3.8, 4) is 0 Å². The van der Waals surface area contributed by atoms with E-state index in [0.29, 0.717) is 0 Å². The number of rotatable bonds is 0. The van der Waals surface area contributed by atoms with Gasteiger partial charge in [-0.2, -0.15) is 0 Å². The standard InChI is InChI=1S/12Al.18O3Si/c;;;;;;;;;;;;18*1-4(2)3/q12*+3;18*-2. The molecule has 0 radical (unpaired) electrons. The van der Waals surface area contributed by atoms with Crippen molar-refractivity contribution in [3.05, 3.63) is 0 Å². The molecule has 0 bridgehead atoms. The zero-order chi connectivity index (χ0) is 64.4. The molecule has 54 nitrogen and oxygen atoms in total. The molecule has 0 N–H and O–H groups in total. The summed E-state index contributed by atoms with van der Waals surface area (Å²) in [5.41, 5.74) is 0. The monoisotopic (exact) mass is 1690 g/mol. The van der Waals surface area contributed by atoms with Crippen molar-refractivity contribution in [2.75, 3.05) is 0 Å². The second-order valence-electron chi connectivity index (χ2n) is 4.50. The van der Waals surface area contributed by atoms with E-state index in [9.17, 15) is 0 Å². The molecule has 0 fully saturated rings. The van der Waals surface area contributed by atoms with Gasteiger partial charge in [0.05, 0.1) is 0 Å². The van der Waals surface area contributed by atoms with E-state index in [0.717, 1.165) is 0 Å². The normalized spacial score (nSPS) is 5.14. The van der Waals surface area contributed by atoms with E-state index >= 15 is 0 Å². The molecule has 0 unspecified atom stereocenters. The Hall–Kier alpha value is -0.506. The molecule has 84 heavy (non-hydrogen) atoms. The summed E-state index contributed by atoms with van der Waals surface area (Å²) >= 11 is 0. The van der Waals surface area contributed by atoms with Crippen LogP contribution >= 0.6 is 0 Å². The SMILES string of the molecule is O=[Si]([O-])[O-].O=[Si]([O-])[O-].O=[Si]([O-])[O-].O=[Si]([O-])[O-].O=[Si]([O-])[O-].O=[Si]([O-])[O-].O=[Si]([O-])[O-].O=[Si]([O-])[O-].O=[Si]([O-])[O-].O=[Si]([O-])[O-].O=[Si]([O-])[O-].O=[Si]([O-])[O-].O=[Si]([O-])[O-].O=[Si]([O-])[O-].O=[Si]([O-])[O-].O=[Si]([O-])[O-].O=[Si]([O-])[O-].O=[Si]([O-])[O-].[Al+3].[Al+3].[Al+3].[Al+3].[Al+3].[Al+3].[Al+3].[Al+3].[Al+3].[Al+3].[Al+3].[Al+3]. The van der Waals surface area contributed by atoms with Crippen LogP contribution in [0.2, 0.25) is 0 Å². The number of hydrogen-bond donors (Lipinski definition) is 0. The van der Waals surface area contributed by atoms with Gasteiger partial charge in [-0.05, 0) is 0 Å². The van der Waals surface area contributed by atoms with E-state index in [1.807, 2.05) is 0 Å². The van der Waals surface area contributed by atoms with E-state index in [2.05, 4.69) is 0 Å². The van der Waals surface area contributed by atoms with Crippen molar-refractivity contribution in [2.24, 2.45) is 0 Å². The van der Waals surface area contributed by atoms with Crippen LogP contribution in [0.5, 0.6) is 0 Å². The molecule has 0 aromatic carbocycles. The third kappa shape index (κ3) is 2060000. The maximum absolute atomic E-state index is 8.52. The second-order valence-corrected chi connectivity index (χ2v) is 13.5. The van der Waals surface area contributed by atoms with Crippen LogP contribution in [-0.2, 0) is 80.3 Å². The average molecular weight is 1690 g/mol. The van der Waals surface area contributed by atoms with Crippen LogP contribution in [0.3, 0.4) is 0 Å². The number of hydrogen-bond acceptors (Lipinski definition) is 54. The quantitative estimate of drug-likeness (QED) is 0.203. The van der Waals surface area contributed by atoms with Crippen LogP contribution in [0.25, 0.3) is 0 Å². The minimum atomic E-state index is -3.63. The molecule has 0 aromatic rings. The van der Waals surface area contributed by atoms with Crippen LogP contribution in [0.15, 0.2) is 0 Å². The van der Waals surface area contributed by atoms with Gasteiger partial charge in [0.1, 0.15) is 0 Å². The summed E-state index contributed by atoms with van der Waals surface area (Å²) in [5, 5.41) is 0. The van der Waals surface area contributed by atoms with Gasteiger partial charge in [-0.3, -0.25) is 0 Å². The first-order valence-corrected chi connectivity index (χ1v) is 33.1. The predicted molar refractivity (Wildman–Crippen MR) is 185 cm³/mol. The Labute approximate surface area is 619 Å². The smallest absolute Gasteiger partial charge is 0.672 e. The Morgan fingerprint density at radius 3 is 0.0833 bits per heavy atom. The van der Waals surface area contributed by atoms with E-state index in [1.54, 1.807) is 0 Å². The molecule has 0 rings (SSSR count). The Bertz CT molecular complexity index is 973. The van der Waals surface area contributed by atoms with E-state index in [4.69, 9.17) is 253 Å². The van der Waals surface area contributed by atoms with Crippen LogP contribution in [-0.4, -0.2) is 373 Å². The summed E-state index contributed by atoms with van der Waals surface area (Å²) in [6.45, 7) is 0. The van der Waals surface area contributed by atoms with Crippen LogP contribution in [0, 0.1) is 0 Å². The summed E-state index contributed by atoms with van der Waals surface area (Å²) < 4.78 is 153. The largest absolute Gasteiger partial charge is 3.00 e. The van der Waals surface area contributed by atoms with Gasteiger partial charge in [0.15, 0.2) is 0 Å². The zero-order valence-corrected chi connectivity index (χ0v) is 69.8. The van der Waals surface area contributed by atoms with Gasteiger partial charge in [-0.25, -0.2) is 0 Å².